The lowest BCUT2D eigenvalue weighted by molar-refractivity contribution is -0.384. The number of likely N-dealkylation sites (N-methyl/N-ethyl adjacent to an activating group) is 1. The van der Waals surface area contributed by atoms with E-state index in [4.69, 9.17) is 5.73 Å². The Morgan fingerprint density at radius 1 is 1.56 bits per heavy atom. The van der Waals surface area contributed by atoms with Crippen molar-refractivity contribution in [3.8, 4) is 0 Å². The van der Waals surface area contributed by atoms with Crippen LogP contribution in [0.5, 0.6) is 0 Å². The summed E-state index contributed by atoms with van der Waals surface area (Å²) in [6.45, 7) is 1.62. The number of hydrogen-bond donors (Lipinski definition) is 1. The van der Waals surface area contributed by atoms with Crippen molar-refractivity contribution in [3.63, 3.8) is 0 Å². The SMILES string of the molecule is CN1CCc2c(Br)cc([N+](=O)[O-])c(N)c2C1. The summed E-state index contributed by atoms with van der Waals surface area (Å²) in [4.78, 5) is 12.5. The first-order chi connectivity index (χ1) is 7.50. The van der Waals surface area contributed by atoms with Crippen molar-refractivity contribution in [2.45, 2.75) is 13.0 Å². The van der Waals surface area contributed by atoms with Gasteiger partial charge >= 0.3 is 0 Å². The molecule has 0 aromatic heterocycles. The molecule has 0 unspecified atom stereocenters. The summed E-state index contributed by atoms with van der Waals surface area (Å²) in [5.74, 6) is 0. The average Bonchev–Trinajstić information content (AvgIpc) is 2.22. The highest BCUT2D eigenvalue weighted by atomic mass is 79.9. The average molecular weight is 286 g/mol. The predicted molar refractivity (Wildman–Crippen MR) is 65.2 cm³/mol. The minimum atomic E-state index is -0.436. The van der Waals surface area contributed by atoms with Gasteiger partial charge in [-0.2, -0.15) is 0 Å². The van der Waals surface area contributed by atoms with Gasteiger partial charge in [-0.1, -0.05) is 15.9 Å². The highest BCUT2D eigenvalue weighted by molar-refractivity contribution is 9.10. The maximum Gasteiger partial charge on any atom is 0.293 e. The molecule has 1 aliphatic heterocycles. The van der Waals surface area contributed by atoms with Crippen LogP contribution < -0.4 is 5.73 Å². The zero-order valence-corrected chi connectivity index (χ0v) is 10.5. The van der Waals surface area contributed by atoms with Gasteiger partial charge in [0.25, 0.3) is 5.69 Å². The fourth-order valence-electron chi connectivity index (χ4n) is 2.00. The van der Waals surface area contributed by atoms with Crippen LogP contribution in [-0.4, -0.2) is 23.4 Å². The third-order valence-corrected chi connectivity index (χ3v) is 3.59. The fourth-order valence-corrected chi connectivity index (χ4v) is 2.65. The van der Waals surface area contributed by atoms with E-state index in [2.05, 4.69) is 20.8 Å². The molecule has 0 bridgehead atoms. The second-order valence-corrected chi connectivity index (χ2v) is 4.85. The molecule has 0 aliphatic carbocycles. The van der Waals surface area contributed by atoms with Crippen molar-refractivity contribution >= 4 is 27.3 Å². The molecule has 0 fully saturated rings. The van der Waals surface area contributed by atoms with E-state index in [0.29, 0.717) is 12.2 Å². The smallest absolute Gasteiger partial charge is 0.293 e. The number of halogens is 1. The van der Waals surface area contributed by atoms with Crippen molar-refractivity contribution in [1.82, 2.24) is 4.90 Å². The molecule has 1 aromatic carbocycles. The van der Waals surface area contributed by atoms with E-state index in [1.807, 2.05) is 7.05 Å². The van der Waals surface area contributed by atoms with Gasteiger partial charge in [0, 0.05) is 29.2 Å². The van der Waals surface area contributed by atoms with E-state index in [-0.39, 0.29) is 5.69 Å². The summed E-state index contributed by atoms with van der Waals surface area (Å²) < 4.78 is 0.788. The minimum Gasteiger partial charge on any atom is -0.393 e. The van der Waals surface area contributed by atoms with Crippen molar-refractivity contribution in [2.24, 2.45) is 0 Å². The molecule has 1 aliphatic rings. The number of nitrogen functional groups attached to an aromatic ring is 1. The second-order valence-electron chi connectivity index (χ2n) is 3.99. The Balaban J connectivity index is 2.61. The van der Waals surface area contributed by atoms with E-state index in [0.717, 1.165) is 28.6 Å². The van der Waals surface area contributed by atoms with Crippen molar-refractivity contribution < 1.29 is 4.92 Å². The minimum absolute atomic E-state index is 0.0130. The lowest BCUT2D eigenvalue weighted by atomic mass is 9.97. The van der Waals surface area contributed by atoms with Gasteiger partial charge in [0.05, 0.1) is 4.92 Å². The standard InChI is InChI=1S/C10H12BrN3O2/c1-13-3-2-6-7(5-13)10(12)9(14(15)16)4-8(6)11/h4H,2-3,5,12H2,1H3. The first kappa shape index (κ1) is 11.3. The Kier molecular flexibility index (Phi) is 2.86. The molecule has 2 N–H and O–H groups in total. The molecule has 6 heteroatoms. The van der Waals surface area contributed by atoms with Gasteiger partial charge in [-0.05, 0) is 19.0 Å². The fraction of sp³-hybridized carbons (Fsp3) is 0.400. The molecule has 1 heterocycles. The summed E-state index contributed by atoms with van der Waals surface area (Å²) in [7, 11) is 1.98. The molecular weight excluding hydrogens is 274 g/mol. The predicted octanol–water partition coefficient (Wildman–Crippen LogP) is 1.93. The van der Waals surface area contributed by atoms with Crippen LogP contribution in [0.4, 0.5) is 11.4 Å². The maximum absolute atomic E-state index is 10.8. The molecule has 0 atom stereocenters. The molecule has 0 radical (unpaired) electrons. The van der Waals surface area contributed by atoms with Gasteiger partial charge in [-0.15, -0.1) is 0 Å². The lowest BCUT2D eigenvalue weighted by Crippen LogP contribution is -2.27. The van der Waals surface area contributed by atoms with E-state index >= 15 is 0 Å². The topological polar surface area (TPSA) is 72.4 Å². The van der Waals surface area contributed by atoms with Gasteiger partial charge in [-0.3, -0.25) is 10.1 Å². The highest BCUT2D eigenvalue weighted by Gasteiger charge is 2.24. The molecule has 0 spiro atoms. The molecule has 0 saturated carbocycles. The van der Waals surface area contributed by atoms with Crippen LogP contribution in [0.3, 0.4) is 0 Å². The molecular formula is C10H12BrN3O2. The highest BCUT2D eigenvalue weighted by Crippen LogP contribution is 2.36. The summed E-state index contributed by atoms with van der Waals surface area (Å²) >= 11 is 3.38. The van der Waals surface area contributed by atoms with Gasteiger partial charge in [0.15, 0.2) is 0 Å². The largest absolute Gasteiger partial charge is 0.393 e. The van der Waals surface area contributed by atoms with Crippen LogP contribution in [0.15, 0.2) is 10.5 Å². The third-order valence-electron chi connectivity index (χ3n) is 2.89. The number of nitrogens with two attached hydrogens (primary N) is 1. The molecule has 1 aromatic rings. The number of nitro groups is 1. The maximum atomic E-state index is 10.8. The van der Waals surface area contributed by atoms with Crippen LogP contribution in [0.25, 0.3) is 0 Å². The van der Waals surface area contributed by atoms with Crippen molar-refractivity contribution in [3.05, 3.63) is 31.8 Å². The van der Waals surface area contributed by atoms with Crippen molar-refractivity contribution in [1.29, 1.82) is 0 Å². The first-order valence-electron chi connectivity index (χ1n) is 4.93. The lowest BCUT2D eigenvalue weighted by Gasteiger charge is -2.26. The van der Waals surface area contributed by atoms with Gasteiger partial charge in [0.2, 0.25) is 0 Å². The Hall–Kier alpha value is -1.14. The van der Waals surface area contributed by atoms with Gasteiger partial charge in [-0.25, -0.2) is 0 Å². The molecule has 5 nitrogen and oxygen atoms in total. The van der Waals surface area contributed by atoms with Crippen LogP contribution in [0.1, 0.15) is 11.1 Å². The monoisotopic (exact) mass is 285 g/mol. The summed E-state index contributed by atoms with van der Waals surface area (Å²) in [5, 5.41) is 10.8. The number of fused-ring (bicyclic) bond motifs is 1. The Morgan fingerprint density at radius 3 is 2.88 bits per heavy atom. The molecule has 2 rings (SSSR count). The summed E-state index contributed by atoms with van der Waals surface area (Å²) in [5.41, 5.74) is 8.12. The number of anilines is 1. The Bertz CT molecular complexity index is 462. The molecule has 0 saturated heterocycles. The first-order valence-corrected chi connectivity index (χ1v) is 5.72. The normalized spacial score (nSPS) is 15.9. The quantitative estimate of drug-likeness (QED) is 0.486. The number of nitro benzene ring substituents is 1. The second kappa shape index (κ2) is 4.03. The van der Waals surface area contributed by atoms with E-state index in [1.54, 1.807) is 0 Å². The van der Waals surface area contributed by atoms with Crippen LogP contribution in [0.2, 0.25) is 0 Å². The molecule has 86 valence electrons. The third kappa shape index (κ3) is 1.78. The number of nitrogens with zero attached hydrogens (tertiary/aromatic N) is 2. The number of hydrogen-bond acceptors (Lipinski definition) is 4. The zero-order valence-electron chi connectivity index (χ0n) is 8.86. The van der Waals surface area contributed by atoms with E-state index < -0.39 is 4.92 Å². The Morgan fingerprint density at radius 2 is 2.25 bits per heavy atom. The number of rotatable bonds is 1. The summed E-state index contributed by atoms with van der Waals surface area (Å²) in [6.07, 6.45) is 0.870. The molecule has 0 amide bonds. The molecule has 16 heavy (non-hydrogen) atoms. The zero-order chi connectivity index (χ0) is 11.9. The summed E-state index contributed by atoms with van der Waals surface area (Å²) in [6, 6.07) is 1.50. The van der Waals surface area contributed by atoms with E-state index in [1.165, 1.54) is 6.07 Å². The Labute approximate surface area is 102 Å². The van der Waals surface area contributed by atoms with E-state index in [9.17, 15) is 10.1 Å². The van der Waals surface area contributed by atoms with Crippen LogP contribution in [0, 0.1) is 10.1 Å². The number of benzene rings is 1. The van der Waals surface area contributed by atoms with Gasteiger partial charge in [0.1, 0.15) is 5.69 Å². The van der Waals surface area contributed by atoms with Crippen molar-refractivity contribution in [2.75, 3.05) is 19.3 Å². The van der Waals surface area contributed by atoms with Gasteiger partial charge < -0.3 is 10.6 Å². The van der Waals surface area contributed by atoms with Crippen LogP contribution >= 0.6 is 15.9 Å². The van der Waals surface area contributed by atoms with Crippen LogP contribution in [-0.2, 0) is 13.0 Å².